The van der Waals surface area contributed by atoms with Crippen molar-refractivity contribution in [3.63, 3.8) is 0 Å². The average molecular weight is 163 g/mol. The Labute approximate surface area is 66.5 Å². The van der Waals surface area contributed by atoms with Gasteiger partial charge in [-0.2, -0.15) is 0 Å². The second kappa shape index (κ2) is 5.58. The average Bonchev–Trinajstić information content (AvgIpc) is 1.88. The zero-order valence-corrected chi connectivity index (χ0v) is 7.11. The molecular weight excluding hydrogens is 150 g/mol. The van der Waals surface area contributed by atoms with Gasteiger partial charge in [0.2, 0.25) is 0 Å². The molecular formula is C6H13NO2S. The predicted octanol–water partition coefficient (Wildman–Crippen LogP) is 0.324. The van der Waals surface area contributed by atoms with E-state index in [1.165, 1.54) is 0 Å². The van der Waals surface area contributed by atoms with Gasteiger partial charge in [0, 0.05) is 7.11 Å². The first-order chi connectivity index (χ1) is 4.68. The van der Waals surface area contributed by atoms with Crippen molar-refractivity contribution in [1.29, 1.82) is 0 Å². The Morgan fingerprint density at radius 3 is 2.60 bits per heavy atom. The summed E-state index contributed by atoms with van der Waals surface area (Å²) in [4.78, 5) is 0.385. The van der Waals surface area contributed by atoms with Gasteiger partial charge in [0.1, 0.15) is 11.1 Å². The van der Waals surface area contributed by atoms with Crippen LogP contribution in [0.1, 0.15) is 6.92 Å². The summed E-state index contributed by atoms with van der Waals surface area (Å²) in [6.07, 6.45) is -0.148. The summed E-state index contributed by atoms with van der Waals surface area (Å²) in [6, 6.07) is 0. The third-order valence-electron chi connectivity index (χ3n) is 1.06. The van der Waals surface area contributed by atoms with Crippen LogP contribution >= 0.6 is 12.2 Å². The maximum absolute atomic E-state index is 5.28. The van der Waals surface area contributed by atoms with Gasteiger partial charge < -0.3 is 15.2 Å². The van der Waals surface area contributed by atoms with Crippen LogP contribution in [0.25, 0.3) is 0 Å². The third kappa shape index (κ3) is 4.67. The van der Waals surface area contributed by atoms with E-state index in [1.54, 1.807) is 7.11 Å². The number of rotatable bonds is 5. The van der Waals surface area contributed by atoms with Crippen molar-refractivity contribution in [2.75, 3.05) is 20.3 Å². The summed E-state index contributed by atoms with van der Waals surface area (Å²) < 4.78 is 9.92. The van der Waals surface area contributed by atoms with Crippen LogP contribution in [-0.4, -0.2) is 31.4 Å². The predicted molar refractivity (Wildman–Crippen MR) is 44.1 cm³/mol. The van der Waals surface area contributed by atoms with Crippen LogP contribution in [0.4, 0.5) is 0 Å². The van der Waals surface area contributed by atoms with E-state index in [-0.39, 0.29) is 6.10 Å². The molecule has 0 fully saturated rings. The molecule has 0 aromatic heterocycles. The van der Waals surface area contributed by atoms with E-state index < -0.39 is 0 Å². The summed E-state index contributed by atoms with van der Waals surface area (Å²) in [5.41, 5.74) is 5.28. The second-order valence-electron chi connectivity index (χ2n) is 1.91. The maximum Gasteiger partial charge on any atom is 0.105 e. The zero-order chi connectivity index (χ0) is 7.98. The molecule has 0 amide bonds. The fraction of sp³-hybridized carbons (Fsp3) is 0.833. The summed E-state index contributed by atoms with van der Waals surface area (Å²) in [6.45, 7) is 2.93. The summed E-state index contributed by atoms with van der Waals surface area (Å²) >= 11 is 4.68. The van der Waals surface area contributed by atoms with Crippen molar-refractivity contribution >= 4 is 17.2 Å². The largest absolute Gasteiger partial charge is 0.391 e. The Hall–Kier alpha value is -0.190. The first kappa shape index (κ1) is 9.81. The van der Waals surface area contributed by atoms with E-state index in [9.17, 15) is 0 Å². The lowest BCUT2D eigenvalue weighted by Crippen LogP contribution is -2.27. The molecule has 0 aliphatic heterocycles. The fourth-order valence-electron chi connectivity index (χ4n) is 0.390. The second-order valence-corrected chi connectivity index (χ2v) is 2.38. The van der Waals surface area contributed by atoms with Crippen LogP contribution in [0.15, 0.2) is 0 Å². The van der Waals surface area contributed by atoms with Gasteiger partial charge in [-0.05, 0) is 6.92 Å². The van der Waals surface area contributed by atoms with Crippen molar-refractivity contribution in [3.8, 4) is 0 Å². The van der Waals surface area contributed by atoms with E-state index in [1.807, 2.05) is 6.92 Å². The Bertz CT molecular complexity index is 108. The van der Waals surface area contributed by atoms with Crippen LogP contribution in [0.5, 0.6) is 0 Å². The molecule has 0 radical (unpaired) electrons. The topological polar surface area (TPSA) is 44.5 Å². The van der Waals surface area contributed by atoms with Crippen molar-refractivity contribution in [3.05, 3.63) is 0 Å². The molecule has 0 heterocycles. The number of methoxy groups -OCH3 is 1. The molecule has 1 atom stereocenters. The Kier molecular flexibility index (Phi) is 5.48. The number of nitrogens with two attached hydrogens (primary N) is 1. The molecule has 0 spiro atoms. The molecule has 4 heteroatoms. The molecule has 0 saturated heterocycles. The minimum atomic E-state index is -0.148. The molecule has 10 heavy (non-hydrogen) atoms. The molecule has 0 rings (SSSR count). The molecule has 60 valence electrons. The van der Waals surface area contributed by atoms with Crippen molar-refractivity contribution in [1.82, 2.24) is 0 Å². The van der Waals surface area contributed by atoms with E-state index >= 15 is 0 Å². The van der Waals surface area contributed by atoms with Gasteiger partial charge in [0.25, 0.3) is 0 Å². The van der Waals surface area contributed by atoms with Crippen molar-refractivity contribution in [2.24, 2.45) is 5.73 Å². The molecule has 0 aliphatic rings. The molecule has 0 aliphatic carbocycles. The van der Waals surface area contributed by atoms with Gasteiger partial charge in [0.05, 0.1) is 13.2 Å². The Balaban J connectivity index is 3.21. The van der Waals surface area contributed by atoms with Gasteiger partial charge >= 0.3 is 0 Å². The molecule has 0 bridgehead atoms. The quantitative estimate of drug-likeness (QED) is 0.468. The van der Waals surface area contributed by atoms with Crippen molar-refractivity contribution < 1.29 is 9.47 Å². The zero-order valence-electron chi connectivity index (χ0n) is 6.29. The summed E-state index contributed by atoms with van der Waals surface area (Å²) in [5.74, 6) is 0. The highest BCUT2D eigenvalue weighted by atomic mass is 32.1. The SMILES string of the molecule is COCCOC(C)C(N)=S. The molecule has 0 saturated carbocycles. The number of thiocarbonyl (C=S) groups is 1. The lowest BCUT2D eigenvalue weighted by Gasteiger charge is -2.09. The van der Waals surface area contributed by atoms with Crippen LogP contribution in [0.3, 0.4) is 0 Å². The molecule has 2 N–H and O–H groups in total. The smallest absolute Gasteiger partial charge is 0.105 e. The highest BCUT2D eigenvalue weighted by Gasteiger charge is 2.02. The third-order valence-corrected chi connectivity index (χ3v) is 1.39. The summed E-state index contributed by atoms with van der Waals surface area (Å²) in [5, 5.41) is 0. The normalized spacial score (nSPS) is 13.0. The van der Waals surface area contributed by atoms with E-state index in [0.717, 1.165) is 0 Å². The maximum atomic E-state index is 5.28. The van der Waals surface area contributed by atoms with Gasteiger partial charge in [-0.3, -0.25) is 0 Å². The molecule has 0 aromatic rings. The highest BCUT2D eigenvalue weighted by Crippen LogP contribution is 1.89. The minimum Gasteiger partial charge on any atom is -0.391 e. The minimum absolute atomic E-state index is 0.148. The lowest BCUT2D eigenvalue weighted by atomic mass is 10.4. The van der Waals surface area contributed by atoms with Crippen molar-refractivity contribution in [2.45, 2.75) is 13.0 Å². The first-order valence-electron chi connectivity index (χ1n) is 3.08. The highest BCUT2D eigenvalue weighted by molar-refractivity contribution is 7.80. The monoisotopic (exact) mass is 163 g/mol. The van der Waals surface area contributed by atoms with E-state index in [2.05, 4.69) is 12.2 Å². The first-order valence-corrected chi connectivity index (χ1v) is 3.49. The van der Waals surface area contributed by atoms with Crippen LogP contribution in [0, 0.1) is 0 Å². The van der Waals surface area contributed by atoms with Gasteiger partial charge in [-0.15, -0.1) is 0 Å². The number of hydrogen-bond donors (Lipinski definition) is 1. The summed E-state index contributed by atoms with van der Waals surface area (Å²) in [7, 11) is 1.62. The molecule has 1 unspecified atom stereocenters. The van der Waals surface area contributed by atoms with Gasteiger partial charge in [0.15, 0.2) is 0 Å². The van der Waals surface area contributed by atoms with Crippen LogP contribution in [-0.2, 0) is 9.47 Å². The number of ether oxygens (including phenoxy) is 2. The lowest BCUT2D eigenvalue weighted by molar-refractivity contribution is 0.0557. The standard InChI is InChI=1S/C6H13NO2S/c1-5(6(7)10)9-4-3-8-2/h5H,3-4H2,1-2H3,(H2,7,10). The Morgan fingerprint density at radius 2 is 2.20 bits per heavy atom. The Morgan fingerprint density at radius 1 is 1.60 bits per heavy atom. The fourth-order valence-corrected chi connectivity index (χ4v) is 0.458. The molecule has 0 aromatic carbocycles. The van der Waals surface area contributed by atoms with E-state index in [4.69, 9.17) is 15.2 Å². The number of hydrogen-bond acceptors (Lipinski definition) is 3. The molecule has 3 nitrogen and oxygen atoms in total. The van der Waals surface area contributed by atoms with Crippen LogP contribution < -0.4 is 5.73 Å². The van der Waals surface area contributed by atoms with Gasteiger partial charge in [-0.1, -0.05) is 12.2 Å². The van der Waals surface area contributed by atoms with Crippen LogP contribution in [0.2, 0.25) is 0 Å². The van der Waals surface area contributed by atoms with E-state index in [0.29, 0.717) is 18.2 Å². The van der Waals surface area contributed by atoms with Gasteiger partial charge in [-0.25, -0.2) is 0 Å².